The Morgan fingerprint density at radius 2 is 1.90 bits per heavy atom. The summed E-state index contributed by atoms with van der Waals surface area (Å²) in [6.45, 7) is 5.86. The molecule has 0 radical (unpaired) electrons. The molecule has 0 saturated carbocycles. The van der Waals surface area contributed by atoms with Crippen molar-refractivity contribution in [3.8, 4) is 11.5 Å². The lowest BCUT2D eigenvalue weighted by Gasteiger charge is -2.23. The van der Waals surface area contributed by atoms with Gasteiger partial charge in [-0.25, -0.2) is 4.99 Å². The quantitative estimate of drug-likeness (QED) is 0.614. The molecular formula is C23H23N3O2S. The molecule has 5 nitrogen and oxygen atoms in total. The first-order chi connectivity index (χ1) is 14.2. The van der Waals surface area contributed by atoms with E-state index in [2.05, 4.69) is 24.1 Å². The van der Waals surface area contributed by atoms with Crippen LogP contribution in [0.2, 0.25) is 0 Å². The van der Waals surface area contributed by atoms with Gasteiger partial charge in [-0.05, 0) is 55.6 Å². The molecule has 1 aliphatic heterocycles. The molecule has 2 aromatic carbocycles. The van der Waals surface area contributed by atoms with Crippen LogP contribution in [0.4, 0.5) is 11.4 Å². The highest BCUT2D eigenvalue weighted by Crippen LogP contribution is 2.38. The van der Waals surface area contributed by atoms with Crippen molar-refractivity contribution in [2.24, 2.45) is 4.99 Å². The maximum absolute atomic E-state index is 12.4. The largest absolute Gasteiger partial charge is 0.454 e. The third kappa shape index (κ3) is 4.17. The SMILES string of the molecule is CCN(CC)C1=Nc2ccccc2Oc2ccc(NC(=O)Cc3cccs3)cc21. The average molecular weight is 406 g/mol. The Balaban J connectivity index is 1.69. The molecule has 148 valence electrons. The number of carbonyl (C=O) groups is 1. The van der Waals surface area contributed by atoms with E-state index in [9.17, 15) is 4.79 Å². The maximum Gasteiger partial charge on any atom is 0.229 e. The number of rotatable bonds is 5. The zero-order valence-electron chi connectivity index (χ0n) is 16.5. The van der Waals surface area contributed by atoms with Crippen LogP contribution >= 0.6 is 11.3 Å². The van der Waals surface area contributed by atoms with Gasteiger partial charge in [-0.15, -0.1) is 11.3 Å². The fourth-order valence-electron chi connectivity index (χ4n) is 3.34. The number of thiophene rings is 1. The van der Waals surface area contributed by atoms with Crippen LogP contribution in [0.3, 0.4) is 0 Å². The van der Waals surface area contributed by atoms with Crippen LogP contribution in [0.1, 0.15) is 24.3 Å². The van der Waals surface area contributed by atoms with E-state index in [0.29, 0.717) is 6.42 Å². The summed E-state index contributed by atoms with van der Waals surface area (Å²) in [7, 11) is 0. The smallest absolute Gasteiger partial charge is 0.229 e. The van der Waals surface area contributed by atoms with E-state index in [1.807, 2.05) is 60.0 Å². The van der Waals surface area contributed by atoms with E-state index in [1.54, 1.807) is 11.3 Å². The maximum atomic E-state index is 12.4. The number of hydrogen-bond donors (Lipinski definition) is 1. The number of nitrogens with zero attached hydrogens (tertiary/aromatic N) is 2. The molecule has 0 aliphatic carbocycles. The van der Waals surface area contributed by atoms with E-state index >= 15 is 0 Å². The molecule has 6 heteroatoms. The van der Waals surface area contributed by atoms with Crippen LogP contribution in [-0.4, -0.2) is 29.7 Å². The zero-order chi connectivity index (χ0) is 20.2. The number of ether oxygens (including phenoxy) is 1. The molecule has 0 fully saturated rings. The lowest BCUT2D eigenvalue weighted by Crippen LogP contribution is -2.31. The molecule has 2 heterocycles. The molecule has 1 amide bonds. The number of amidine groups is 1. The molecule has 0 bridgehead atoms. The number of aliphatic imine (C=N–C) groups is 1. The first-order valence-corrected chi connectivity index (χ1v) is 10.6. The summed E-state index contributed by atoms with van der Waals surface area (Å²) in [6, 6.07) is 17.4. The van der Waals surface area contributed by atoms with Gasteiger partial charge in [-0.3, -0.25) is 4.79 Å². The Morgan fingerprint density at radius 3 is 2.66 bits per heavy atom. The summed E-state index contributed by atoms with van der Waals surface area (Å²) in [5.41, 5.74) is 2.41. The number of carbonyl (C=O) groups excluding carboxylic acids is 1. The summed E-state index contributed by atoms with van der Waals surface area (Å²) in [5, 5.41) is 4.99. The number of anilines is 1. The Kier molecular flexibility index (Phi) is 5.62. The minimum absolute atomic E-state index is 0.0356. The van der Waals surface area contributed by atoms with Gasteiger partial charge in [0.15, 0.2) is 5.75 Å². The topological polar surface area (TPSA) is 53.9 Å². The molecule has 1 aromatic heterocycles. The molecule has 3 aromatic rings. The predicted molar refractivity (Wildman–Crippen MR) is 119 cm³/mol. The standard InChI is InChI=1S/C23H23N3O2S/c1-3-26(4-2)23-18-14-16(24-22(27)15-17-8-7-13-29-17)11-12-20(18)28-21-10-6-5-9-19(21)25-23/h5-14H,3-4,15H2,1-2H3,(H,24,27). The fourth-order valence-corrected chi connectivity index (χ4v) is 4.04. The van der Waals surface area contributed by atoms with Crippen LogP contribution in [-0.2, 0) is 11.2 Å². The van der Waals surface area contributed by atoms with Crippen LogP contribution in [0.15, 0.2) is 65.0 Å². The van der Waals surface area contributed by atoms with E-state index in [-0.39, 0.29) is 5.91 Å². The molecule has 29 heavy (non-hydrogen) atoms. The van der Waals surface area contributed by atoms with Crippen molar-refractivity contribution in [2.75, 3.05) is 18.4 Å². The first kappa shape index (κ1) is 19.2. The van der Waals surface area contributed by atoms with Crippen molar-refractivity contribution in [1.29, 1.82) is 0 Å². The van der Waals surface area contributed by atoms with Crippen molar-refractivity contribution in [1.82, 2.24) is 4.90 Å². The highest BCUT2D eigenvalue weighted by molar-refractivity contribution is 7.10. The van der Waals surface area contributed by atoms with Gasteiger partial charge < -0.3 is 15.0 Å². The molecule has 0 spiro atoms. The van der Waals surface area contributed by atoms with E-state index in [0.717, 1.165) is 52.2 Å². The summed E-state index contributed by atoms with van der Waals surface area (Å²) < 4.78 is 6.16. The molecular weight excluding hydrogens is 382 g/mol. The molecule has 0 saturated heterocycles. The monoisotopic (exact) mass is 405 g/mol. The van der Waals surface area contributed by atoms with Gasteiger partial charge in [0.25, 0.3) is 0 Å². The Bertz CT molecular complexity index is 1040. The second kappa shape index (κ2) is 8.49. The number of hydrogen-bond acceptors (Lipinski definition) is 5. The highest BCUT2D eigenvalue weighted by Gasteiger charge is 2.22. The minimum Gasteiger partial charge on any atom is -0.454 e. The van der Waals surface area contributed by atoms with Crippen LogP contribution < -0.4 is 10.1 Å². The lowest BCUT2D eigenvalue weighted by atomic mass is 10.1. The van der Waals surface area contributed by atoms with Gasteiger partial charge in [-0.1, -0.05) is 18.2 Å². The average Bonchev–Trinajstić information content (AvgIpc) is 3.17. The molecule has 4 rings (SSSR count). The van der Waals surface area contributed by atoms with Crippen LogP contribution in [0.25, 0.3) is 0 Å². The van der Waals surface area contributed by atoms with Crippen molar-refractivity contribution < 1.29 is 9.53 Å². The van der Waals surface area contributed by atoms with Crippen LogP contribution in [0.5, 0.6) is 11.5 Å². The zero-order valence-corrected chi connectivity index (χ0v) is 17.3. The van der Waals surface area contributed by atoms with Gasteiger partial charge in [-0.2, -0.15) is 0 Å². The van der Waals surface area contributed by atoms with E-state index < -0.39 is 0 Å². The molecule has 0 atom stereocenters. The molecule has 0 unspecified atom stereocenters. The van der Waals surface area contributed by atoms with Gasteiger partial charge in [0.05, 0.1) is 12.0 Å². The van der Waals surface area contributed by atoms with Crippen LogP contribution in [0, 0.1) is 0 Å². The van der Waals surface area contributed by atoms with Crippen molar-refractivity contribution in [3.05, 3.63) is 70.4 Å². The summed E-state index contributed by atoms with van der Waals surface area (Å²) >= 11 is 1.58. The number of amides is 1. The second-order valence-electron chi connectivity index (χ2n) is 6.69. The van der Waals surface area contributed by atoms with E-state index in [4.69, 9.17) is 9.73 Å². The normalized spacial score (nSPS) is 12.1. The van der Waals surface area contributed by atoms with Gasteiger partial charge in [0.1, 0.15) is 17.3 Å². The molecule has 1 N–H and O–H groups in total. The Morgan fingerprint density at radius 1 is 1.07 bits per heavy atom. The first-order valence-electron chi connectivity index (χ1n) is 9.75. The summed E-state index contributed by atoms with van der Waals surface area (Å²) in [5.74, 6) is 2.28. The number of para-hydroxylation sites is 2. The van der Waals surface area contributed by atoms with Crippen molar-refractivity contribution in [2.45, 2.75) is 20.3 Å². The van der Waals surface area contributed by atoms with Crippen molar-refractivity contribution >= 4 is 34.5 Å². The number of benzene rings is 2. The fraction of sp³-hybridized carbons (Fsp3) is 0.217. The molecule has 1 aliphatic rings. The Hall–Kier alpha value is -3.12. The predicted octanol–water partition coefficient (Wildman–Crippen LogP) is 5.46. The number of nitrogens with one attached hydrogen (secondary N) is 1. The summed E-state index contributed by atoms with van der Waals surface area (Å²) in [6.07, 6.45) is 0.369. The van der Waals surface area contributed by atoms with Crippen molar-refractivity contribution in [3.63, 3.8) is 0 Å². The Labute approximate surface area is 174 Å². The van der Waals surface area contributed by atoms with Gasteiger partial charge in [0.2, 0.25) is 5.91 Å². The minimum atomic E-state index is -0.0356. The third-order valence-corrected chi connectivity index (χ3v) is 5.67. The second-order valence-corrected chi connectivity index (χ2v) is 7.72. The third-order valence-electron chi connectivity index (χ3n) is 4.79. The number of fused-ring (bicyclic) bond motifs is 2. The van der Waals surface area contributed by atoms with E-state index in [1.165, 1.54) is 0 Å². The van der Waals surface area contributed by atoms with Gasteiger partial charge >= 0.3 is 0 Å². The highest BCUT2D eigenvalue weighted by atomic mass is 32.1. The summed E-state index contributed by atoms with van der Waals surface area (Å²) in [4.78, 5) is 20.6. The lowest BCUT2D eigenvalue weighted by molar-refractivity contribution is -0.115. The van der Waals surface area contributed by atoms with Gasteiger partial charge in [0, 0.05) is 23.7 Å².